The van der Waals surface area contributed by atoms with Gasteiger partial charge in [-0.2, -0.15) is 0 Å². The van der Waals surface area contributed by atoms with Crippen LogP contribution in [0.25, 0.3) is 11.0 Å². The molecule has 5 nitrogen and oxygen atoms in total. The highest BCUT2D eigenvalue weighted by Crippen LogP contribution is 2.39. The summed E-state index contributed by atoms with van der Waals surface area (Å²) in [4.78, 5) is 23.7. The van der Waals surface area contributed by atoms with Gasteiger partial charge in [-0.1, -0.05) is 0 Å². The minimum Gasteiger partial charge on any atom is -0.422 e. The topological polar surface area (TPSA) is 73.3 Å². The maximum Gasteiger partial charge on any atom is 0.351 e. The minimum atomic E-state index is -0.439. The Balaban J connectivity index is 2.33. The molecular weight excluding hydrogens is 286 g/mol. The molecule has 0 spiro atoms. The normalized spacial score (nSPS) is 14.9. The van der Waals surface area contributed by atoms with Crippen molar-refractivity contribution in [1.82, 2.24) is 0 Å². The van der Waals surface area contributed by atoms with Crippen LogP contribution in [0.3, 0.4) is 0 Å². The second-order valence-corrected chi connectivity index (χ2v) is 6.25. The van der Waals surface area contributed by atoms with Crippen molar-refractivity contribution in [2.75, 3.05) is 11.5 Å². The highest BCUT2D eigenvalue weighted by molar-refractivity contribution is 8.03. The summed E-state index contributed by atoms with van der Waals surface area (Å²) in [6.07, 6.45) is 1.000. The van der Waals surface area contributed by atoms with Gasteiger partial charge in [0.05, 0.1) is 4.92 Å². The Morgan fingerprint density at radius 1 is 1.21 bits per heavy atom. The molecule has 0 bridgehead atoms. The Bertz CT molecular complexity index is 725. The summed E-state index contributed by atoms with van der Waals surface area (Å²) in [5.41, 5.74) is 0.0681. The maximum absolute atomic E-state index is 11.9. The van der Waals surface area contributed by atoms with Crippen LogP contribution >= 0.6 is 23.5 Å². The quantitative estimate of drug-likeness (QED) is 0.456. The molecule has 19 heavy (non-hydrogen) atoms. The Labute approximate surface area is 116 Å². The van der Waals surface area contributed by atoms with Gasteiger partial charge in [0.1, 0.15) is 10.5 Å². The Hall–Kier alpha value is -1.47. The van der Waals surface area contributed by atoms with E-state index < -0.39 is 4.92 Å². The van der Waals surface area contributed by atoms with Gasteiger partial charge in [-0.3, -0.25) is 10.1 Å². The molecule has 0 amide bonds. The lowest BCUT2D eigenvalue weighted by atomic mass is 10.2. The standard InChI is InChI=1S/C12H9NO4S2/c14-12-11-10(18-4-1-5-19-11)8-6-7(13(15)16)2-3-9(8)17-12/h2-3,6H,1,4-5H2. The van der Waals surface area contributed by atoms with E-state index in [4.69, 9.17) is 4.42 Å². The number of fused-ring (bicyclic) bond motifs is 3. The van der Waals surface area contributed by atoms with Crippen LogP contribution in [0.4, 0.5) is 5.69 Å². The molecule has 1 aliphatic heterocycles. The van der Waals surface area contributed by atoms with Crippen LogP contribution in [-0.2, 0) is 0 Å². The first-order valence-corrected chi connectivity index (χ1v) is 7.65. The molecule has 3 rings (SSSR count). The van der Waals surface area contributed by atoms with E-state index in [9.17, 15) is 14.9 Å². The molecule has 0 aliphatic carbocycles. The molecule has 0 radical (unpaired) electrons. The van der Waals surface area contributed by atoms with Crippen molar-refractivity contribution in [2.45, 2.75) is 16.2 Å². The minimum absolute atomic E-state index is 0.0124. The third-order valence-electron chi connectivity index (χ3n) is 2.79. The molecule has 0 N–H and O–H groups in total. The number of nitro benzene ring substituents is 1. The van der Waals surface area contributed by atoms with Crippen LogP contribution in [0.15, 0.2) is 37.2 Å². The van der Waals surface area contributed by atoms with Crippen molar-refractivity contribution in [1.29, 1.82) is 0 Å². The molecule has 2 heterocycles. The summed E-state index contributed by atoms with van der Waals surface area (Å²) >= 11 is 3.04. The van der Waals surface area contributed by atoms with Crippen LogP contribution in [0.1, 0.15) is 6.42 Å². The van der Waals surface area contributed by atoms with Crippen LogP contribution < -0.4 is 5.63 Å². The zero-order valence-electron chi connectivity index (χ0n) is 9.75. The molecule has 1 aromatic carbocycles. The van der Waals surface area contributed by atoms with Crippen LogP contribution in [0.2, 0.25) is 0 Å². The Morgan fingerprint density at radius 2 is 1.95 bits per heavy atom. The summed E-state index contributed by atoms with van der Waals surface area (Å²) < 4.78 is 5.24. The molecule has 7 heteroatoms. The predicted octanol–water partition coefficient (Wildman–Crippen LogP) is 3.29. The monoisotopic (exact) mass is 295 g/mol. The summed E-state index contributed by atoms with van der Waals surface area (Å²) in [6, 6.07) is 4.33. The lowest BCUT2D eigenvalue weighted by molar-refractivity contribution is -0.384. The van der Waals surface area contributed by atoms with Gasteiger partial charge in [-0.05, 0) is 24.0 Å². The molecule has 1 aromatic heterocycles. The van der Waals surface area contributed by atoms with E-state index in [0.29, 0.717) is 15.9 Å². The fourth-order valence-electron chi connectivity index (χ4n) is 1.93. The number of non-ortho nitro benzene ring substituents is 1. The fourth-order valence-corrected chi connectivity index (χ4v) is 4.39. The number of rotatable bonds is 1. The summed E-state index contributed by atoms with van der Waals surface area (Å²) in [7, 11) is 0. The van der Waals surface area contributed by atoms with Gasteiger partial charge < -0.3 is 4.42 Å². The van der Waals surface area contributed by atoms with E-state index in [2.05, 4.69) is 0 Å². The van der Waals surface area contributed by atoms with Gasteiger partial charge in [0, 0.05) is 22.4 Å². The van der Waals surface area contributed by atoms with Crippen molar-refractivity contribution < 1.29 is 9.34 Å². The van der Waals surface area contributed by atoms with E-state index in [1.165, 1.54) is 30.0 Å². The van der Waals surface area contributed by atoms with Crippen LogP contribution in [-0.4, -0.2) is 16.4 Å². The zero-order chi connectivity index (χ0) is 13.4. The lowest BCUT2D eigenvalue weighted by Crippen LogP contribution is -2.04. The average molecular weight is 295 g/mol. The number of nitrogens with zero attached hydrogens (tertiary/aromatic N) is 1. The number of hydrogen-bond acceptors (Lipinski definition) is 6. The van der Waals surface area contributed by atoms with Crippen molar-refractivity contribution in [3.8, 4) is 0 Å². The van der Waals surface area contributed by atoms with E-state index in [1.54, 1.807) is 11.8 Å². The van der Waals surface area contributed by atoms with Crippen molar-refractivity contribution in [3.05, 3.63) is 38.7 Å². The smallest absolute Gasteiger partial charge is 0.351 e. The maximum atomic E-state index is 11.9. The summed E-state index contributed by atoms with van der Waals surface area (Å²) in [5, 5.41) is 11.5. The third-order valence-corrected chi connectivity index (χ3v) is 5.28. The third kappa shape index (κ3) is 2.23. The second-order valence-electron chi connectivity index (χ2n) is 4.04. The number of benzene rings is 1. The fraction of sp³-hybridized carbons (Fsp3) is 0.250. The first kappa shape index (κ1) is 12.6. The molecule has 0 atom stereocenters. The summed E-state index contributed by atoms with van der Waals surface area (Å²) in [6.45, 7) is 0. The van der Waals surface area contributed by atoms with Gasteiger partial charge in [0.2, 0.25) is 0 Å². The molecule has 0 saturated carbocycles. The Kier molecular flexibility index (Phi) is 3.24. The lowest BCUT2D eigenvalue weighted by Gasteiger charge is -2.06. The molecule has 1 aliphatic rings. The summed E-state index contributed by atoms with van der Waals surface area (Å²) in [5.74, 6) is 1.77. The van der Waals surface area contributed by atoms with Gasteiger partial charge >= 0.3 is 5.63 Å². The highest BCUT2D eigenvalue weighted by Gasteiger charge is 2.20. The van der Waals surface area contributed by atoms with Gasteiger partial charge in [0.15, 0.2) is 0 Å². The van der Waals surface area contributed by atoms with E-state index in [-0.39, 0.29) is 11.3 Å². The Morgan fingerprint density at radius 3 is 2.68 bits per heavy atom. The SMILES string of the molecule is O=c1oc2ccc([N+](=O)[O-])cc2c2c1SCCCS2. The highest BCUT2D eigenvalue weighted by atomic mass is 32.2. The number of hydrogen-bond donors (Lipinski definition) is 0. The zero-order valence-corrected chi connectivity index (χ0v) is 11.4. The molecule has 98 valence electrons. The van der Waals surface area contributed by atoms with Crippen LogP contribution in [0.5, 0.6) is 0 Å². The largest absolute Gasteiger partial charge is 0.422 e. The molecule has 0 unspecified atom stereocenters. The average Bonchev–Trinajstić information content (AvgIpc) is 2.64. The van der Waals surface area contributed by atoms with Crippen molar-refractivity contribution in [3.63, 3.8) is 0 Å². The van der Waals surface area contributed by atoms with Gasteiger partial charge in [0.25, 0.3) is 5.69 Å². The van der Waals surface area contributed by atoms with E-state index in [1.807, 2.05) is 0 Å². The molecule has 2 aromatic rings. The van der Waals surface area contributed by atoms with Crippen molar-refractivity contribution >= 4 is 40.2 Å². The van der Waals surface area contributed by atoms with Gasteiger partial charge in [-0.15, -0.1) is 23.5 Å². The predicted molar refractivity (Wildman–Crippen MR) is 75.2 cm³/mol. The first-order chi connectivity index (χ1) is 9.16. The molecule has 0 saturated heterocycles. The first-order valence-electron chi connectivity index (χ1n) is 5.67. The molecule has 0 fully saturated rings. The molecular formula is C12H9NO4S2. The van der Waals surface area contributed by atoms with Crippen molar-refractivity contribution in [2.24, 2.45) is 0 Å². The van der Waals surface area contributed by atoms with E-state index in [0.717, 1.165) is 22.8 Å². The van der Waals surface area contributed by atoms with Gasteiger partial charge in [-0.25, -0.2) is 4.79 Å². The van der Waals surface area contributed by atoms with E-state index >= 15 is 0 Å². The number of nitro groups is 1. The van der Waals surface area contributed by atoms with Crippen LogP contribution in [0, 0.1) is 10.1 Å². The second kappa shape index (κ2) is 4.90. The number of thioether (sulfide) groups is 2.